The summed E-state index contributed by atoms with van der Waals surface area (Å²) in [5.74, 6) is -0.0381. The van der Waals surface area contributed by atoms with E-state index in [1.807, 2.05) is 24.3 Å². The zero-order valence-corrected chi connectivity index (χ0v) is 9.51. The van der Waals surface area contributed by atoms with Crippen LogP contribution in [0.15, 0.2) is 30.5 Å². The van der Waals surface area contributed by atoms with Gasteiger partial charge in [0, 0.05) is 24.1 Å². The van der Waals surface area contributed by atoms with Gasteiger partial charge in [0.2, 0.25) is 0 Å². The van der Waals surface area contributed by atoms with Crippen molar-refractivity contribution in [3.63, 3.8) is 0 Å². The van der Waals surface area contributed by atoms with E-state index in [2.05, 4.69) is 4.98 Å². The lowest BCUT2D eigenvalue weighted by Crippen LogP contribution is -1.98. The summed E-state index contributed by atoms with van der Waals surface area (Å²) in [6, 6.07) is 7.48. The number of ether oxygens (including phenoxy) is 1. The molecule has 1 aromatic heterocycles. The highest BCUT2D eigenvalue weighted by Crippen LogP contribution is 2.22. The van der Waals surface area contributed by atoms with Crippen molar-refractivity contribution in [1.82, 2.24) is 4.98 Å². The summed E-state index contributed by atoms with van der Waals surface area (Å²) in [7, 11) is 1.61. The Hall–Kier alpha value is -2.10. The minimum atomic E-state index is -0.788. The molecule has 4 nitrogen and oxygen atoms in total. The van der Waals surface area contributed by atoms with Crippen molar-refractivity contribution >= 4 is 16.9 Å². The minimum absolute atomic E-state index is 0.130. The number of aliphatic carboxylic acids is 1. The Morgan fingerprint density at radius 3 is 2.94 bits per heavy atom. The molecule has 0 aliphatic heterocycles. The molecule has 0 aliphatic carbocycles. The maximum atomic E-state index is 10.6. The standard InChI is InChI=1S/C13H13NO3/c1-17-10-3-4-11-9(2-5-13(15)16)6-7-14-12(11)8-10/h3-4,6-8H,2,5H2,1H3,(H,15,16). The molecule has 4 heteroatoms. The van der Waals surface area contributed by atoms with Crippen LogP contribution in [0.4, 0.5) is 0 Å². The number of methoxy groups -OCH3 is 1. The van der Waals surface area contributed by atoms with Crippen LogP contribution in [-0.2, 0) is 11.2 Å². The second kappa shape index (κ2) is 4.82. The second-order valence-electron chi connectivity index (χ2n) is 3.75. The number of hydrogen-bond donors (Lipinski definition) is 1. The maximum absolute atomic E-state index is 10.6. The van der Waals surface area contributed by atoms with Crippen molar-refractivity contribution in [1.29, 1.82) is 0 Å². The van der Waals surface area contributed by atoms with Crippen LogP contribution >= 0.6 is 0 Å². The SMILES string of the molecule is COc1ccc2c(CCC(=O)O)ccnc2c1. The molecular formula is C13H13NO3. The number of hydrogen-bond acceptors (Lipinski definition) is 3. The molecule has 0 radical (unpaired) electrons. The van der Waals surface area contributed by atoms with Crippen molar-refractivity contribution in [2.24, 2.45) is 0 Å². The third-order valence-corrected chi connectivity index (χ3v) is 2.65. The zero-order valence-electron chi connectivity index (χ0n) is 9.51. The molecule has 1 N–H and O–H groups in total. The number of aromatic nitrogens is 1. The number of aryl methyl sites for hydroxylation is 1. The molecule has 17 heavy (non-hydrogen) atoms. The predicted molar refractivity (Wildman–Crippen MR) is 64.3 cm³/mol. The highest BCUT2D eigenvalue weighted by Gasteiger charge is 2.05. The van der Waals surface area contributed by atoms with Crippen molar-refractivity contribution in [3.05, 3.63) is 36.0 Å². The Morgan fingerprint density at radius 1 is 1.41 bits per heavy atom. The molecule has 0 spiro atoms. The van der Waals surface area contributed by atoms with Crippen LogP contribution in [0.5, 0.6) is 5.75 Å². The van der Waals surface area contributed by atoms with Crippen LogP contribution in [0.1, 0.15) is 12.0 Å². The van der Waals surface area contributed by atoms with E-state index in [0.717, 1.165) is 22.2 Å². The van der Waals surface area contributed by atoms with Gasteiger partial charge in [-0.15, -0.1) is 0 Å². The predicted octanol–water partition coefficient (Wildman–Crippen LogP) is 2.26. The molecule has 0 saturated carbocycles. The average molecular weight is 231 g/mol. The number of benzene rings is 1. The van der Waals surface area contributed by atoms with Gasteiger partial charge in [0.05, 0.1) is 12.6 Å². The molecule has 0 bridgehead atoms. The first-order valence-corrected chi connectivity index (χ1v) is 5.34. The summed E-state index contributed by atoms with van der Waals surface area (Å²) in [5, 5.41) is 9.67. The summed E-state index contributed by atoms with van der Waals surface area (Å²) in [5.41, 5.74) is 1.83. The number of fused-ring (bicyclic) bond motifs is 1. The smallest absolute Gasteiger partial charge is 0.303 e. The number of nitrogens with zero attached hydrogens (tertiary/aromatic N) is 1. The van der Waals surface area contributed by atoms with Crippen LogP contribution in [0, 0.1) is 0 Å². The highest BCUT2D eigenvalue weighted by atomic mass is 16.5. The molecular weight excluding hydrogens is 218 g/mol. The van der Waals surface area contributed by atoms with Crippen molar-refractivity contribution in [2.45, 2.75) is 12.8 Å². The fraction of sp³-hybridized carbons (Fsp3) is 0.231. The van der Waals surface area contributed by atoms with Gasteiger partial charge in [-0.1, -0.05) is 0 Å². The van der Waals surface area contributed by atoms with Gasteiger partial charge in [0.1, 0.15) is 5.75 Å². The van der Waals surface area contributed by atoms with E-state index < -0.39 is 5.97 Å². The summed E-state index contributed by atoms with van der Waals surface area (Å²) in [6.07, 6.45) is 2.34. The molecule has 2 rings (SSSR count). The van der Waals surface area contributed by atoms with Gasteiger partial charge in [0.25, 0.3) is 0 Å². The first-order valence-electron chi connectivity index (χ1n) is 5.34. The summed E-state index contributed by atoms with van der Waals surface area (Å²) >= 11 is 0. The number of carboxylic acid groups (broad SMARTS) is 1. The van der Waals surface area contributed by atoms with Crippen LogP contribution in [0.2, 0.25) is 0 Å². The molecule has 2 aromatic rings. The lowest BCUT2D eigenvalue weighted by molar-refractivity contribution is -0.136. The van der Waals surface area contributed by atoms with E-state index in [-0.39, 0.29) is 6.42 Å². The molecule has 88 valence electrons. The van der Waals surface area contributed by atoms with Gasteiger partial charge in [-0.2, -0.15) is 0 Å². The fourth-order valence-electron chi connectivity index (χ4n) is 1.77. The van der Waals surface area contributed by atoms with E-state index in [0.29, 0.717) is 6.42 Å². The molecule has 0 amide bonds. The van der Waals surface area contributed by atoms with Crippen LogP contribution in [0.3, 0.4) is 0 Å². The average Bonchev–Trinajstić information content (AvgIpc) is 2.35. The van der Waals surface area contributed by atoms with Crippen molar-refractivity contribution < 1.29 is 14.6 Å². The Balaban J connectivity index is 2.39. The lowest BCUT2D eigenvalue weighted by Gasteiger charge is -2.06. The quantitative estimate of drug-likeness (QED) is 0.876. The normalized spacial score (nSPS) is 10.4. The molecule has 1 aromatic carbocycles. The highest BCUT2D eigenvalue weighted by molar-refractivity contribution is 5.83. The number of rotatable bonds is 4. The minimum Gasteiger partial charge on any atom is -0.497 e. The zero-order chi connectivity index (χ0) is 12.3. The van der Waals surface area contributed by atoms with Crippen LogP contribution < -0.4 is 4.74 Å². The Kier molecular flexibility index (Phi) is 3.23. The van der Waals surface area contributed by atoms with E-state index in [1.54, 1.807) is 13.3 Å². The Labute approximate surface area is 98.9 Å². The van der Waals surface area contributed by atoms with Crippen LogP contribution in [0.25, 0.3) is 10.9 Å². The van der Waals surface area contributed by atoms with Gasteiger partial charge >= 0.3 is 5.97 Å². The monoisotopic (exact) mass is 231 g/mol. The number of pyridine rings is 1. The first kappa shape index (κ1) is 11.4. The van der Waals surface area contributed by atoms with Crippen molar-refractivity contribution in [2.75, 3.05) is 7.11 Å². The lowest BCUT2D eigenvalue weighted by atomic mass is 10.0. The third kappa shape index (κ3) is 2.53. The van der Waals surface area contributed by atoms with Crippen molar-refractivity contribution in [3.8, 4) is 5.75 Å². The number of carboxylic acids is 1. The number of carbonyl (C=O) groups is 1. The summed E-state index contributed by atoms with van der Waals surface area (Å²) in [4.78, 5) is 14.8. The first-order chi connectivity index (χ1) is 8.20. The largest absolute Gasteiger partial charge is 0.497 e. The molecule has 0 fully saturated rings. The van der Waals surface area contributed by atoms with E-state index in [4.69, 9.17) is 9.84 Å². The van der Waals surface area contributed by atoms with Gasteiger partial charge in [-0.25, -0.2) is 0 Å². The Bertz CT molecular complexity index is 551. The van der Waals surface area contributed by atoms with E-state index in [1.165, 1.54) is 0 Å². The second-order valence-corrected chi connectivity index (χ2v) is 3.75. The van der Waals surface area contributed by atoms with Gasteiger partial charge < -0.3 is 9.84 Å². The van der Waals surface area contributed by atoms with Crippen LogP contribution in [-0.4, -0.2) is 23.2 Å². The van der Waals surface area contributed by atoms with E-state index >= 15 is 0 Å². The molecule has 0 aliphatic rings. The summed E-state index contributed by atoms with van der Waals surface area (Å²) < 4.78 is 5.13. The molecule has 0 atom stereocenters. The fourth-order valence-corrected chi connectivity index (χ4v) is 1.77. The topological polar surface area (TPSA) is 59.4 Å². The van der Waals surface area contributed by atoms with Gasteiger partial charge in [0.15, 0.2) is 0 Å². The summed E-state index contributed by atoms with van der Waals surface area (Å²) in [6.45, 7) is 0. The third-order valence-electron chi connectivity index (χ3n) is 2.65. The van der Waals surface area contributed by atoms with E-state index in [9.17, 15) is 4.79 Å². The van der Waals surface area contributed by atoms with Gasteiger partial charge in [-0.3, -0.25) is 9.78 Å². The molecule has 1 heterocycles. The molecule has 0 unspecified atom stereocenters. The molecule has 0 saturated heterocycles. The Morgan fingerprint density at radius 2 is 2.24 bits per heavy atom. The maximum Gasteiger partial charge on any atom is 0.303 e. The van der Waals surface area contributed by atoms with Gasteiger partial charge in [-0.05, 0) is 30.2 Å².